The molecule has 2 rings (SSSR count). The molecule has 2 aromatic rings. The monoisotopic (exact) mass is 346 g/mol. The van der Waals surface area contributed by atoms with E-state index in [1.807, 2.05) is 0 Å². The molecule has 0 spiro atoms. The van der Waals surface area contributed by atoms with Gasteiger partial charge in [-0.2, -0.15) is 0 Å². The van der Waals surface area contributed by atoms with E-state index in [4.69, 9.17) is 29.0 Å². The molecular weight excluding hydrogens is 335 g/mol. The van der Waals surface area contributed by atoms with Crippen LogP contribution in [0, 0.1) is 6.92 Å². The van der Waals surface area contributed by atoms with Gasteiger partial charge in [-0.05, 0) is 19.9 Å². The summed E-state index contributed by atoms with van der Waals surface area (Å²) >= 11 is 12.9. The van der Waals surface area contributed by atoms with Crippen molar-refractivity contribution in [3.05, 3.63) is 28.1 Å². The number of carbonyl (C=O) groups excluding carboxylic acids is 1. The molecule has 0 saturated carbocycles. The summed E-state index contributed by atoms with van der Waals surface area (Å²) in [6.07, 6.45) is 1.40. The summed E-state index contributed by atoms with van der Waals surface area (Å²) in [7, 11) is 0. The number of aromatic nitrogens is 4. The molecule has 0 aliphatic rings. The van der Waals surface area contributed by atoms with Crippen LogP contribution in [0.15, 0.2) is 17.4 Å². The van der Waals surface area contributed by atoms with Crippen LogP contribution in [0.2, 0.25) is 10.0 Å². The number of carbonyl (C=O) groups is 1. The van der Waals surface area contributed by atoms with E-state index in [1.165, 1.54) is 28.7 Å². The Labute approximate surface area is 135 Å². The van der Waals surface area contributed by atoms with Crippen LogP contribution < -0.4 is 11.2 Å². The second-order valence-corrected chi connectivity index (χ2v) is 6.28. The number of halogens is 2. The number of hydrogen-bond acceptors (Lipinski definition) is 6. The SMILES string of the molecule is Cc1nnc(S[C@@H](C)C(=O)Nc2ncc(Cl)cc2Cl)n1N. The smallest absolute Gasteiger partial charge is 0.238 e. The van der Waals surface area contributed by atoms with Crippen molar-refractivity contribution in [2.75, 3.05) is 11.2 Å². The van der Waals surface area contributed by atoms with E-state index < -0.39 is 5.25 Å². The number of nitrogens with one attached hydrogen (secondary N) is 1. The number of amides is 1. The minimum atomic E-state index is -0.454. The number of nitrogen functional groups attached to an aromatic ring is 1. The van der Waals surface area contributed by atoms with E-state index >= 15 is 0 Å². The third-order valence-corrected chi connectivity index (χ3v) is 4.09. The number of pyridine rings is 1. The zero-order valence-electron chi connectivity index (χ0n) is 11.2. The summed E-state index contributed by atoms with van der Waals surface area (Å²) in [5.41, 5.74) is 0. The molecule has 21 heavy (non-hydrogen) atoms. The highest BCUT2D eigenvalue weighted by atomic mass is 35.5. The normalized spacial score (nSPS) is 12.2. The Morgan fingerprint density at radius 1 is 1.48 bits per heavy atom. The van der Waals surface area contributed by atoms with Crippen molar-refractivity contribution in [2.24, 2.45) is 0 Å². The van der Waals surface area contributed by atoms with Gasteiger partial charge >= 0.3 is 0 Å². The summed E-state index contributed by atoms with van der Waals surface area (Å²) < 4.78 is 1.32. The summed E-state index contributed by atoms with van der Waals surface area (Å²) in [5, 5.41) is 11.0. The van der Waals surface area contributed by atoms with Gasteiger partial charge in [0.25, 0.3) is 0 Å². The lowest BCUT2D eigenvalue weighted by Gasteiger charge is -2.11. The lowest BCUT2D eigenvalue weighted by molar-refractivity contribution is -0.115. The minimum Gasteiger partial charge on any atom is -0.336 e. The van der Waals surface area contributed by atoms with E-state index in [9.17, 15) is 4.79 Å². The van der Waals surface area contributed by atoms with Crippen molar-refractivity contribution in [3.8, 4) is 0 Å². The number of aryl methyl sites for hydroxylation is 1. The molecule has 1 atom stereocenters. The summed E-state index contributed by atoms with van der Waals surface area (Å²) in [4.78, 5) is 16.1. The quantitative estimate of drug-likeness (QED) is 0.649. The maximum absolute atomic E-state index is 12.1. The van der Waals surface area contributed by atoms with Crippen LogP contribution in [0.4, 0.5) is 5.82 Å². The first-order valence-corrected chi connectivity index (χ1v) is 7.47. The Morgan fingerprint density at radius 3 is 2.76 bits per heavy atom. The van der Waals surface area contributed by atoms with Crippen LogP contribution in [0.5, 0.6) is 0 Å². The van der Waals surface area contributed by atoms with E-state index in [0.717, 1.165) is 0 Å². The Kier molecular flexibility index (Phi) is 4.92. The van der Waals surface area contributed by atoms with Gasteiger partial charge in [0, 0.05) is 6.20 Å². The number of hydrogen-bond donors (Lipinski definition) is 2. The second-order valence-electron chi connectivity index (χ2n) is 4.13. The molecule has 0 bridgehead atoms. The van der Waals surface area contributed by atoms with Crippen molar-refractivity contribution in [2.45, 2.75) is 24.3 Å². The van der Waals surface area contributed by atoms with Crippen molar-refractivity contribution < 1.29 is 4.79 Å². The molecule has 0 unspecified atom stereocenters. The predicted octanol–water partition coefficient (Wildman–Crippen LogP) is 2.12. The maximum Gasteiger partial charge on any atom is 0.238 e. The van der Waals surface area contributed by atoms with Gasteiger partial charge in [-0.25, -0.2) is 9.66 Å². The average molecular weight is 347 g/mol. The van der Waals surface area contributed by atoms with E-state index in [0.29, 0.717) is 16.0 Å². The molecule has 0 aliphatic carbocycles. The van der Waals surface area contributed by atoms with Gasteiger partial charge in [-0.3, -0.25) is 4.79 Å². The zero-order valence-corrected chi connectivity index (χ0v) is 13.5. The highest BCUT2D eigenvalue weighted by molar-refractivity contribution is 8.00. The van der Waals surface area contributed by atoms with Crippen LogP contribution in [0.3, 0.4) is 0 Å². The summed E-state index contributed by atoms with van der Waals surface area (Å²) in [6.45, 7) is 3.44. The Balaban J connectivity index is 2.04. The first kappa shape index (κ1) is 15.9. The first-order valence-electron chi connectivity index (χ1n) is 5.84. The fourth-order valence-electron chi connectivity index (χ4n) is 1.37. The fraction of sp³-hybridized carbons (Fsp3) is 0.273. The van der Waals surface area contributed by atoms with E-state index in [-0.39, 0.29) is 16.7 Å². The van der Waals surface area contributed by atoms with Gasteiger partial charge in [0.1, 0.15) is 5.82 Å². The number of thioether (sulfide) groups is 1. The van der Waals surface area contributed by atoms with Crippen LogP contribution in [0.1, 0.15) is 12.7 Å². The highest BCUT2D eigenvalue weighted by Gasteiger charge is 2.19. The van der Waals surface area contributed by atoms with E-state index in [2.05, 4.69) is 20.5 Å². The third-order valence-electron chi connectivity index (χ3n) is 2.54. The summed E-state index contributed by atoms with van der Waals surface area (Å²) in [5.74, 6) is 6.27. The molecule has 0 aliphatic heterocycles. The van der Waals surface area contributed by atoms with Gasteiger partial charge in [0.15, 0.2) is 5.82 Å². The molecule has 0 saturated heterocycles. The lowest BCUT2D eigenvalue weighted by atomic mass is 10.4. The topological polar surface area (TPSA) is 98.7 Å². The number of rotatable bonds is 4. The molecule has 2 aromatic heterocycles. The third kappa shape index (κ3) is 3.78. The number of nitrogens with zero attached hydrogens (tertiary/aromatic N) is 4. The van der Waals surface area contributed by atoms with E-state index in [1.54, 1.807) is 13.8 Å². The second kappa shape index (κ2) is 6.50. The fourth-order valence-corrected chi connectivity index (χ4v) is 2.61. The number of anilines is 1. The molecular formula is C11H12Cl2N6OS. The van der Waals surface area contributed by atoms with Crippen LogP contribution in [-0.2, 0) is 4.79 Å². The number of nitrogens with two attached hydrogens (primary N) is 1. The Bertz CT molecular complexity index is 677. The molecule has 0 fully saturated rings. The largest absolute Gasteiger partial charge is 0.336 e. The standard InChI is InChI=1S/C11H12Cl2N6OS/c1-5(21-11-18-17-6(2)19(11)14)10(20)16-9-8(13)3-7(12)4-15-9/h3-5H,14H2,1-2H3,(H,15,16,20)/t5-/m0/s1. The Morgan fingerprint density at radius 2 is 2.19 bits per heavy atom. The molecule has 2 heterocycles. The average Bonchev–Trinajstić information content (AvgIpc) is 2.73. The Hall–Kier alpha value is -1.51. The van der Waals surface area contributed by atoms with Crippen LogP contribution >= 0.6 is 35.0 Å². The molecule has 7 nitrogen and oxygen atoms in total. The molecule has 0 aromatic carbocycles. The lowest BCUT2D eigenvalue weighted by Crippen LogP contribution is -2.24. The van der Waals surface area contributed by atoms with Crippen molar-refractivity contribution in [1.29, 1.82) is 0 Å². The first-order chi connectivity index (χ1) is 9.88. The minimum absolute atomic E-state index is 0.254. The van der Waals surface area contributed by atoms with Gasteiger partial charge in [0.2, 0.25) is 11.1 Å². The highest BCUT2D eigenvalue weighted by Crippen LogP contribution is 2.25. The predicted molar refractivity (Wildman–Crippen MR) is 83.1 cm³/mol. The zero-order chi connectivity index (χ0) is 15.6. The molecule has 3 N–H and O–H groups in total. The summed E-state index contributed by atoms with van der Waals surface area (Å²) in [6, 6.07) is 1.50. The van der Waals surface area contributed by atoms with Crippen molar-refractivity contribution in [1.82, 2.24) is 19.9 Å². The van der Waals surface area contributed by atoms with Gasteiger partial charge in [-0.1, -0.05) is 35.0 Å². The van der Waals surface area contributed by atoms with Crippen molar-refractivity contribution in [3.63, 3.8) is 0 Å². The van der Waals surface area contributed by atoms with Gasteiger partial charge in [0.05, 0.1) is 15.3 Å². The van der Waals surface area contributed by atoms with Gasteiger partial charge < -0.3 is 11.2 Å². The molecule has 112 valence electrons. The maximum atomic E-state index is 12.1. The van der Waals surface area contributed by atoms with Crippen LogP contribution in [0.25, 0.3) is 0 Å². The van der Waals surface area contributed by atoms with Crippen LogP contribution in [-0.4, -0.2) is 31.0 Å². The molecule has 1 amide bonds. The van der Waals surface area contributed by atoms with Gasteiger partial charge in [-0.15, -0.1) is 10.2 Å². The molecule has 0 radical (unpaired) electrons. The van der Waals surface area contributed by atoms with Crippen molar-refractivity contribution >= 4 is 46.7 Å². The molecule has 10 heteroatoms.